The van der Waals surface area contributed by atoms with Crippen LogP contribution in [-0.2, 0) is 11.0 Å². The summed E-state index contributed by atoms with van der Waals surface area (Å²) in [6.45, 7) is 0. The predicted molar refractivity (Wildman–Crippen MR) is 64.2 cm³/mol. The minimum Gasteiger partial charge on any atom is -0.480 e. The van der Waals surface area contributed by atoms with Gasteiger partial charge in [-0.15, -0.1) is 11.8 Å². The fourth-order valence-electron chi connectivity index (χ4n) is 1.68. The summed E-state index contributed by atoms with van der Waals surface area (Å²) in [5, 5.41) is 8.95. The number of rotatable bonds is 2. The van der Waals surface area contributed by atoms with Crippen molar-refractivity contribution >= 4 is 23.6 Å². The fraction of sp³-hybridized carbons (Fsp3) is 0.364. The van der Waals surface area contributed by atoms with Gasteiger partial charge in [-0.3, -0.25) is 9.78 Å². The number of pyridine rings is 1. The van der Waals surface area contributed by atoms with Crippen molar-refractivity contribution in [2.45, 2.75) is 12.2 Å². The Balaban J connectivity index is 2.19. The van der Waals surface area contributed by atoms with Crippen molar-refractivity contribution < 1.29 is 27.9 Å². The molecule has 20 heavy (non-hydrogen) atoms. The molecule has 0 aliphatic carbocycles. The summed E-state index contributed by atoms with van der Waals surface area (Å²) in [6, 6.07) is 0.725. The van der Waals surface area contributed by atoms with E-state index in [0.29, 0.717) is 6.20 Å². The van der Waals surface area contributed by atoms with E-state index in [1.807, 2.05) is 0 Å². The van der Waals surface area contributed by atoms with Crippen LogP contribution in [0.5, 0.6) is 0 Å². The molecule has 5 nitrogen and oxygen atoms in total. The van der Waals surface area contributed by atoms with Gasteiger partial charge in [-0.2, -0.15) is 13.2 Å². The van der Waals surface area contributed by atoms with Gasteiger partial charge in [0.05, 0.1) is 11.4 Å². The van der Waals surface area contributed by atoms with E-state index < -0.39 is 29.7 Å². The summed E-state index contributed by atoms with van der Waals surface area (Å²) in [6.07, 6.45) is -3.96. The number of carboxylic acids is 1. The number of amides is 1. The molecule has 1 aliphatic rings. The largest absolute Gasteiger partial charge is 0.480 e. The number of carbonyl (C=O) groups is 2. The summed E-state index contributed by atoms with van der Waals surface area (Å²) in [7, 11) is 0. The lowest BCUT2D eigenvalue weighted by Crippen LogP contribution is -2.42. The second-order valence-electron chi connectivity index (χ2n) is 4.06. The number of carbonyl (C=O) groups excluding carboxylic acids is 1. The third kappa shape index (κ3) is 2.87. The lowest BCUT2D eigenvalue weighted by Gasteiger charge is -2.20. The molecule has 1 aromatic rings. The van der Waals surface area contributed by atoms with Crippen LogP contribution in [0.2, 0.25) is 0 Å². The summed E-state index contributed by atoms with van der Waals surface area (Å²) in [4.78, 5) is 27.5. The SMILES string of the molecule is O=C(O)[C@@H]1CSCN1C(=O)c1ccc(C(F)(F)F)cn1. The quantitative estimate of drug-likeness (QED) is 0.900. The van der Waals surface area contributed by atoms with Crippen LogP contribution in [0.3, 0.4) is 0 Å². The molecule has 108 valence electrons. The molecular weight excluding hydrogens is 297 g/mol. The molecule has 1 amide bonds. The van der Waals surface area contributed by atoms with Crippen LogP contribution in [0.4, 0.5) is 13.2 Å². The Morgan fingerprint density at radius 1 is 1.40 bits per heavy atom. The van der Waals surface area contributed by atoms with Crippen LogP contribution in [0, 0.1) is 0 Å². The molecule has 1 atom stereocenters. The van der Waals surface area contributed by atoms with E-state index in [4.69, 9.17) is 5.11 Å². The van der Waals surface area contributed by atoms with Crippen molar-refractivity contribution in [3.05, 3.63) is 29.6 Å². The highest BCUT2D eigenvalue weighted by Crippen LogP contribution is 2.29. The highest BCUT2D eigenvalue weighted by atomic mass is 32.2. The minimum absolute atomic E-state index is 0.179. The fourth-order valence-corrected chi connectivity index (χ4v) is 2.83. The molecule has 0 bridgehead atoms. The second-order valence-corrected chi connectivity index (χ2v) is 5.06. The molecule has 1 aromatic heterocycles. The number of alkyl halides is 3. The molecule has 0 aromatic carbocycles. The summed E-state index contributed by atoms with van der Waals surface area (Å²) in [5.41, 5.74) is -1.16. The molecule has 0 unspecified atom stereocenters. The third-order valence-electron chi connectivity index (χ3n) is 2.74. The first kappa shape index (κ1) is 14.6. The molecule has 1 fully saturated rings. The lowest BCUT2D eigenvalue weighted by molar-refractivity contribution is -0.141. The first-order valence-electron chi connectivity index (χ1n) is 5.45. The number of aliphatic carboxylic acids is 1. The van der Waals surface area contributed by atoms with Crippen molar-refractivity contribution in [2.24, 2.45) is 0 Å². The van der Waals surface area contributed by atoms with Gasteiger partial charge in [0.2, 0.25) is 0 Å². The Morgan fingerprint density at radius 3 is 2.60 bits per heavy atom. The Labute approximate surface area is 115 Å². The molecule has 2 heterocycles. The standard InChI is InChI=1S/C11H9F3N2O3S/c12-11(13,14)6-1-2-7(15-3-6)9(17)16-5-20-4-8(16)10(18)19/h1-3,8H,4-5H2,(H,18,19)/t8-/m0/s1. The van der Waals surface area contributed by atoms with Gasteiger partial charge in [-0.05, 0) is 12.1 Å². The summed E-state index contributed by atoms with van der Waals surface area (Å²) >= 11 is 1.27. The Morgan fingerprint density at radius 2 is 2.10 bits per heavy atom. The van der Waals surface area contributed by atoms with E-state index in [-0.39, 0.29) is 17.3 Å². The number of hydrogen-bond acceptors (Lipinski definition) is 4. The number of thioether (sulfide) groups is 1. The average molecular weight is 306 g/mol. The summed E-state index contributed by atoms with van der Waals surface area (Å²) < 4.78 is 37.1. The Hall–Kier alpha value is -1.77. The average Bonchev–Trinajstić information content (AvgIpc) is 2.86. The molecule has 1 N–H and O–H groups in total. The number of nitrogens with zero attached hydrogens (tertiary/aromatic N) is 2. The molecule has 1 saturated heterocycles. The van der Waals surface area contributed by atoms with Crippen molar-refractivity contribution in [2.75, 3.05) is 11.6 Å². The predicted octanol–water partition coefficient (Wildman–Crippen LogP) is 1.70. The van der Waals surface area contributed by atoms with Gasteiger partial charge in [0.15, 0.2) is 0 Å². The highest BCUT2D eigenvalue weighted by molar-refractivity contribution is 7.99. The maximum atomic E-state index is 12.4. The maximum absolute atomic E-state index is 12.4. The normalized spacial score (nSPS) is 19.1. The maximum Gasteiger partial charge on any atom is 0.417 e. The highest BCUT2D eigenvalue weighted by Gasteiger charge is 2.36. The Kier molecular flexibility index (Phi) is 3.89. The van der Waals surface area contributed by atoms with Crippen LogP contribution in [-0.4, -0.2) is 44.5 Å². The molecule has 9 heteroatoms. The Bertz CT molecular complexity index is 533. The van der Waals surface area contributed by atoms with Gasteiger partial charge >= 0.3 is 12.1 Å². The molecular formula is C11H9F3N2O3S. The zero-order valence-electron chi connectivity index (χ0n) is 9.92. The number of carboxylic acid groups (broad SMARTS) is 1. The van der Waals surface area contributed by atoms with Crippen molar-refractivity contribution in [1.82, 2.24) is 9.88 Å². The van der Waals surface area contributed by atoms with Crippen LogP contribution in [0.1, 0.15) is 16.1 Å². The number of halogens is 3. The van der Waals surface area contributed by atoms with Crippen LogP contribution < -0.4 is 0 Å². The van der Waals surface area contributed by atoms with Crippen molar-refractivity contribution in [3.8, 4) is 0 Å². The smallest absolute Gasteiger partial charge is 0.417 e. The van der Waals surface area contributed by atoms with E-state index in [1.165, 1.54) is 11.8 Å². The molecule has 0 spiro atoms. The van der Waals surface area contributed by atoms with Crippen LogP contribution in [0.15, 0.2) is 18.3 Å². The molecule has 0 radical (unpaired) electrons. The van der Waals surface area contributed by atoms with Gasteiger partial charge in [0, 0.05) is 11.9 Å². The molecule has 2 rings (SSSR count). The van der Waals surface area contributed by atoms with Gasteiger partial charge in [-0.25, -0.2) is 4.79 Å². The zero-order valence-corrected chi connectivity index (χ0v) is 10.7. The topological polar surface area (TPSA) is 70.5 Å². The van der Waals surface area contributed by atoms with Crippen LogP contribution >= 0.6 is 11.8 Å². The van der Waals surface area contributed by atoms with E-state index in [0.717, 1.165) is 17.0 Å². The van der Waals surface area contributed by atoms with Gasteiger partial charge in [0.25, 0.3) is 5.91 Å². The number of hydrogen-bond donors (Lipinski definition) is 1. The monoisotopic (exact) mass is 306 g/mol. The van der Waals surface area contributed by atoms with Crippen molar-refractivity contribution in [1.29, 1.82) is 0 Å². The van der Waals surface area contributed by atoms with Gasteiger partial charge < -0.3 is 10.0 Å². The minimum atomic E-state index is -4.53. The molecule has 0 saturated carbocycles. The third-order valence-corrected chi connectivity index (χ3v) is 3.75. The summed E-state index contributed by atoms with van der Waals surface area (Å²) in [5.74, 6) is -1.40. The van der Waals surface area contributed by atoms with E-state index in [2.05, 4.69) is 4.98 Å². The first-order valence-corrected chi connectivity index (χ1v) is 6.61. The van der Waals surface area contributed by atoms with Crippen molar-refractivity contribution in [3.63, 3.8) is 0 Å². The number of aromatic nitrogens is 1. The van der Waals surface area contributed by atoms with Gasteiger partial charge in [0.1, 0.15) is 11.7 Å². The van der Waals surface area contributed by atoms with E-state index in [1.54, 1.807) is 0 Å². The molecule has 1 aliphatic heterocycles. The lowest BCUT2D eigenvalue weighted by atomic mass is 10.2. The first-order chi connectivity index (χ1) is 9.30. The van der Waals surface area contributed by atoms with E-state index in [9.17, 15) is 22.8 Å². The zero-order chi connectivity index (χ0) is 14.9. The van der Waals surface area contributed by atoms with E-state index >= 15 is 0 Å². The van der Waals surface area contributed by atoms with Crippen LogP contribution in [0.25, 0.3) is 0 Å². The second kappa shape index (κ2) is 5.31. The van der Waals surface area contributed by atoms with Gasteiger partial charge in [-0.1, -0.05) is 0 Å².